The normalized spacial score (nSPS) is 24.4. The van der Waals surface area contributed by atoms with Crippen molar-refractivity contribution >= 4 is 62.2 Å². The van der Waals surface area contributed by atoms with Gasteiger partial charge in [0.25, 0.3) is 11.8 Å². The van der Waals surface area contributed by atoms with Gasteiger partial charge in [-0.2, -0.15) is 10.1 Å². The number of rotatable bonds is 3. The Morgan fingerprint density at radius 1 is 0.667 bits per heavy atom. The van der Waals surface area contributed by atoms with E-state index in [4.69, 9.17) is 0 Å². The fraction of sp³-hybridized carbons (Fsp3) is 0.108. The number of benzene rings is 5. The summed E-state index contributed by atoms with van der Waals surface area (Å²) in [6.45, 7) is 0. The number of hydrogen-bond donors (Lipinski definition) is 0. The van der Waals surface area contributed by atoms with E-state index in [9.17, 15) is 19.2 Å². The van der Waals surface area contributed by atoms with Crippen LogP contribution in [-0.4, -0.2) is 34.9 Å². The molecule has 0 saturated carbocycles. The highest BCUT2D eigenvalue weighted by atomic mass is 79.9. The molecule has 4 amide bonds. The summed E-state index contributed by atoms with van der Waals surface area (Å²) >= 11 is 3.44. The standard InChI is InChI=1S/C37H22BrN3O4/c38-21-15-17-22(18-16-21)40-35(44)31-30-23-9-1-3-13-27(23)37(32(31)36(40)45,28-14-4-2-10-24(28)30)19-39-41-33(42)25-11-5-7-20-8-6-12-26(29(20)25)34(41)43/h1-19,30-32H/b39-19-/t30?,31-,32+,37?/m0/s1. The lowest BCUT2D eigenvalue weighted by Crippen LogP contribution is -2.55. The molecule has 0 spiro atoms. The molecule has 0 N–H and O–H groups in total. The summed E-state index contributed by atoms with van der Waals surface area (Å²) in [5, 5.41) is 6.98. The van der Waals surface area contributed by atoms with Gasteiger partial charge in [-0.1, -0.05) is 88.7 Å². The monoisotopic (exact) mass is 651 g/mol. The number of amides is 4. The first-order chi connectivity index (χ1) is 21.9. The first-order valence-electron chi connectivity index (χ1n) is 14.7. The highest BCUT2D eigenvalue weighted by Crippen LogP contribution is 2.63. The quantitative estimate of drug-likeness (QED) is 0.166. The van der Waals surface area contributed by atoms with Gasteiger partial charge in [-0.25, -0.2) is 4.90 Å². The van der Waals surface area contributed by atoms with Crippen LogP contribution in [0.15, 0.2) is 119 Å². The minimum Gasteiger partial charge on any atom is -0.274 e. The molecule has 5 aliphatic rings. The van der Waals surface area contributed by atoms with Crippen LogP contribution in [0.4, 0.5) is 5.69 Å². The molecule has 2 heterocycles. The van der Waals surface area contributed by atoms with E-state index < -0.39 is 29.1 Å². The zero-order valence-electron chi connectivity index (χ0n) is 23.6. The lowest BCUT2D eigenvalue weighted by Gasteiger charge is -2.52. The van der Waals surface area contributed by atoms with Gasteiger partial charge in [0.1, 0.15) is 0 Å². The molecule has 8 heteroatoms. The second-order valence-corrected chi connectivity index (χ2v) is 12.8. The summed E-state index contributed by atoms with van der Waals surface area (Å²) < 4.78 is 0.833. The van der Waals surface area contributed by atoms with Crippen LogP contribution < -0.4 is 4.90 Å². The van der Waals surface area contributed by atoms with Gasteiger partial charge >= 0.3 is 0 Å². The molecule has 2 bridgehead atoms. The maximum atomic E-state index is 14.6. The van der Waals surface area contributed by atoms with Crippen molar-refractivity contribution in [2.24, 2.45) is 16.9 Å². The molecule has 5 aromatic carbocycles. The summed E-state index contributed by atoms with van der Waals surface area (Å²) in [5.74, 6) is -3.55. The molecule has 2 aliphatic heterocycles. The van der Waals surface area contributed by atoms with Crippen LogP contribution in [-0.2, 0) is 15.0 Å². The fourth-order valence-electron chi connectivity index (χ4n) is 8.17. The van der Waals surface area contributed by atoms with E-state index in [2.05, 4.69) is 21.0 Å². The number of carbonyl (C=O) groups is 4. The van der Waals surface area contributed by atoms with E-state index >= 15 is 0 Å². The Morgan fingerprint density at radius 3 is 1.84 bits per heavy atom. The van der Waals surface area contributed by atoms with Crippen LogP contribution in [0.25, 0.3) is 10.8 Å². The Morgan fingerprint density at radius 2 is 1.24 bits per heavy atom. The lowest BCUT2D eigenvalue weighted by molar-refractivity contribution is -0.122. The molecule has 2 atom stereocenters. The first-order valence-corrected chi connectivity index (χ1v) is 15.5. The third-order valence-corrected chi connectivity index (χ3v) is 10.4. The molecule has 7 nitrogen and oxygen atoms in total. The third-order valence-electron chi connectivity index (χ3n) is 9.90. The van der Waals surface area contributed by atoms with Gasteiger partial charge in [-0.15, -0.1) is 0 Å². The molecule has 5 aromatic rings. The minimum atomic E-state index is -1.22. The zero-order valence-corrected chi connectivity index (χ0v) is 25.1. The number of hydrogen-bond acceptors (Lipinski definition) is 5. The maximum absolute atomic E-state index is 14.6. The summed E-state index contributed by atoms with van der Waals surface area (Å²) in [4.78, 5) is 58.0. The van der Waals surface area contributed by atoms with Gasteiger partial charge < -0.3 is 0 Å². The summed E-state index contributed by atoms with van der Waals surface area (Å²) in [5.41, 5.74) is 3.62. The average Bonchev–Trinajstić information content (AvgIpc) is 3.34. The van der Waals surface area contributed by atoms with Crippen LogP contribution >= 0.6 is 15.9 Å². The predicted octanol–water partition coefficient (Wildman–Crippen LogP) is 6.44. The molecule has 1 fully saturated rings. The van der Waals surface area contributed by atoms with Crippen molar-refractivity contribution in [1.82, 2.24) is 5.01 Å². The second-order valence-electron chi connectivity index (χ2n) is 11.9. The van der Waals surface area contributed by atoms with Crippen LogP contribution in [0.1, 0.15) is 48.9 Å². The Labute approximate surface area is 265 Å². The fourth-order valence-corrected chi connectivity index (χ4v) is 8.43. The van der Waals surface area contributed by atoms with E-state index in [1.807, 2.05) is 60.7 Å². The minimum absolute atomic E-state index is 0.273. The first kappa shape index (κ1) is 26.2. The molecule has 10 rings (SSSR count). The average molecular weight is 653 g/mol. The summed E-state index contributed by atoms with van der Waals surface area (Å²) in [7, 11) is 0. The number of carbonyl (C=O) groups excluding carboxylic acids is 4. The predicted molar refractivity (Wildman–Crippen MR) is 172 cm³/mol. The van der Waals surface area contributed by atoms with Crippen molar-refractivity contribution in [3.63, 3.8) is 0 Å². The molecule has 0 aromatic heterocycles. The number of anilines is 1. The Hall–Kier alpha value is -5.21. The zero-order chi connectivity index (χ0) is 30.6. The Balaban J connectivity index is 1.27. The summed E-state index contributed by atoms with van der Waals surface area (Å²) in [6, 6.07) is 33.5. The van der Waals surface area contributed by atoms with Crippen molar-refractivity contribution < 1.29 is 19.2 Å². The van der Waals surface area contributed by atoms with E-state index in [0.29, 0.717) is 22.2 Å². The SMILES string of the molecule is O=C1c2cccc3cccc(c23)C(=O)N1/N=C\C12c3ccccc3C(c3ccccc31)[C@@H]1C(=O)N(c3ccc(Br)cc3)C(=O)[C@@H]12. The van der Waals surface area contributed by atoms with Crippen LogP contribution in [0, 0.1) is 11.8 Å². The van der Waals surface area contributed by atoms with Gasteiger partial charge in [0.05, 0.1) is 34.1 Å². The van der Waals surface area contributed by atoms with E-state index in [1.54, 1.807) is 54.7 Å². The molecule has 0 unspecified atom stereocenters. The van der Waals surface area contributed by atoms with Gasteiger partial charge in [0, 0.05) is 22.0 Å². The Kier molecular flexibility index (Phi) is 5.33. The van der Waals surface area contributed by atoms with Crippen molar-refractivity contribution in [2.75, 3.05) is 4.90 Å². The highest BCUT2D eigenvalue weighted by Gasteiger charge is 2.68. The topological polar surface area (TPSA) is 87.1 Å². The molecule has 1 saturated heterocycles. The van der Waals surface area contributed by atoms with Gasteiger partial charge in [0.15, 0.2) is 0 Å². The third kappa shape index (κ3) is 3.27. The van der Waals surface area contributed by atoms with Crippen LogP contribution in [0.3, 0.4) is 0 Å². The smallest absolute Gasteiger partial charge is 0.274 e. The van der Waals surface area contributed by atoms with Gasteiger partial charge in [-0.05, 0) is 64.0 Å². The van der Waals surface area contributed by atoms with Crippen molar-refractivity contribution in [1.29, 1.82) is 0 Å². The van der Waals surface area contributed by atoms with E-state index in [-0.39, 0.29) is 17.7 Å². The number of imide groups is 2. The van der Waals surface area contributed by atoms with Crippen LogP contribution in [0.2, 0.25) is 0 Å². The van der Waals surface area contributed by atoms with Crippen molar-refractivity contribution in [3.8, 4) is 0 Å². The lowest BCUT2D eigenvalue weighted by atomic mass is 9.47. The molecular formula is C37H22BrN3O4. The highest BCUT2D eigenvalue weighted by molar-refractivity contribution is 9.10. The van der Waals surface area contributed by atoms with Gasteiger partial charge in [0.2, 0.25) is 11.8 Å². The van der Waals surface area contributed by atoms with E-state index in [0.717, 1.165) is 37.1 Å². The van der Waals surface area contributed by atoms with Crippen molar-refractivity contribution in [2.45, 2.75) is 11.3 Å². The molecular weight excluding hydrogens is 630 g/mol. The number of nitrogens with zero attached hydrogens (tertiary/aromatic N) is 3. The maximum Gasteiger partial charge on any atom is 0.282 e. The Bertz CT molecular complexity index is 2110. The number of hydrazone groups is 1. The van der Waals surface area contributed by atoms with Crippen LogP contribution in [0.5, 0.6) is 0 Å². The second kappa shape index (κ2) is 9.15. The number of halogens is 1. The summed E-state index contributed by atoms with van der Waals surface area (Å²) in [6.07, 6.45) is 1.58. The van der Waals surface area contributed by atoms with Crippen molar-refractivity contribution in [3.05, 3.63) is 147 Å². The van der Waals surface area contributed by atoms with E-state index in [1.165, 1.54) is 4.90 Å². The largest absolute Gasteiger partial charge is 0.282 e. The molecule has 3 aliphatic carbocycles. The molecule has 45 heavy (non-hydrogen) atoms. The molecule has 216 valence electrons. The molecule has 0 radical (unpaired) electrons. The van der Waals surface area contributed by atoms with Gasteiger partial charge in [-0.3, -0.25) is 19.2 Å².